The van der Waals surface area contributed by atoms with Crippen LogP contribution in [0.4, 0.5) is 8.78 Å². The van der Waals surface area contributed by atoms with Crippen LogP contribution in [0.1, 0.15) is 28.5 Å². The summed E-state index contributed by atoms with van der Waals surface area (Å²) in [5, 5.41) is 4.02. The van der Waals surface area contributed by atoms with Crippen molar-refractivity contribution in [3.8, 4) is 0 Å². The smallest absolute Gasteiger partial charge is 0.274 e. The van der Waals surface area contributed by atoms with Gasteiger partial charge in [-0.25, -0.2) is 18.9 Å². The minimum atomic E-state index is -0.893. The fourth-order valence-electron chi connectivity index (χ4n) is 3.80. The maximum absolute atomic E-state index is 13.6. The summed E-state index contributed by atoms with van der Waals surface area (Å²) in [6, 6.07) is 6.47. The van der Waals surface area contributed by atoms with Gasteiger partial charge in [-0.1, -0.05) is 6.07 Å². The zero-order valence-electron chi connectivity index (χ0n) is 14.7. The number of piperidine rings is 1. The molecule has 0 aliphatic carbocycles. The molecule has 2 aliphatic heterocycles. The molecule has 27 heavy (non-hydrogen) atoms. The van der Waals surface area contributed by atoms with Gasteiger partial charge < -0.3 is 4.90 Å². The summed E-state index contributed by atoms with van der Waals surface area (Å²) in [5.74, 6) is -2.03. The summed E-state index contributed by atoms with van der Waals surface area (Å²) in [7, 11) is 1.50. The number of benzene rings is 1. The van der Waals surface area contributed by atoms with Crippen molar-refractivity contribution in [1.82, 2.24) is 25.5 Å². The van der Waals surface area contributed by atoms with Gasteiger partial charge in [0.15, 0.2) is 11.6 Å². The molecule has 3 unspecified atom stereocenters. The largest absolute Gasteiger partial charge is 0.337 e. The third-order valence-electron chi connectivity index (χ3n) is 5.28. The normalized spacial score (nSPS) is 24.7. The number of nitrogens with one attached hydrogen (secondary N) is 2. The molecule has 1 aromatic carbocycles. The Labute approximate surface area is 153 Å². The fourth-order valence-corrected chi connectivity index (χ4v) is 3.80. The highest BCUT2D eigenvalue weighted by Gasteiger charge is 2.42. The zero-order valence-corrected chi connectivity index (χ0v) is 14.7. The van der Waals surface area contributed by atoms with E-state index in [-0.39, 0.29) is 35.2 Å². The number of halogens is 2. The van der Waals surface area contributed by atoms with Gasteiger partial charge in [-0.3, -0.25) is 15.0 Å². The van der Waals surface area contributed by atoms with E-state index in [1.165, 1.54) is 25.2 Å². The molecule has 3 atom stereocenters. The van der Waals surface area contributed by atoms with Crippen LogP contribution in [0.3, 0.4) is 0 Å². The molecule has 0 saturated carbocycles. The Bertz CT molecular complexity index is 948. The van der Waals surface area contributed by atoms with E-state index in [1.54, 1.807) is 11.0 Å². The van der Waals surface area contributed by atoms with Crippen molar-refractivity contribution >= 4 is 5.91 Å². The van der Waals surface area contributed by atoms with Crippen molar-refractivity contribution in [2.45, 2.75) is 18.5 Å². The Kier molecular flexibility index (Phi) is 4.48. The third-order valence-corrected chi connectivity index (χ3v) is 5.28. The number of hydrazine groups is 1. The van der Waals surface area contributed by atoms with Gasteiger partial charge in [-0.2, -0.15) is 5.10 Å². The lowest BCUT2D eigenvalue weighted by atomic mass is 9.85. The first-order valence-corrected chi connectivity index (χ1v) is 8.73. The molecule has 142 valence electrons. The number of amides is 1. The number of aryl methyl sites for hydroxylation is 1. The summed E-state index contributed by atoms with van der Waals surface area (Å²) in [5.41, 5.74) is 6.88. The lowest BCUT2D eigenvalue weighted by Gasteiger charge is -2.36. The molecule has 4 rings (SSSR count). The lowest BCUT2D eigenvalue weighted by Crippen LogP contribution is -2.48. The number of nitrogens with zero attached hydrogens (tertiary/aromatic N) is 3. The molecule has 7 nitrogen and oxygen atoms in total. The Morgan fingerprint density at radius 2 is 2.00 bits per heavy atom. The topological polar surface area (TPSA) is 79.3 Å². The first kappa shape index (κ1) is 17.7. The number of likely N-dealkylation sites (tertiary alicyclic amines) is 1. The number of hydrogen-bond acceptors (Lipinski definition) is 5. The van der Waals surface area contributed by atoms with Gasteiger partial charge in [0, 0.05) is 38.2 Å². The van der Waals surface area contributed by atoms with Crippen LogP contribution < -0.4 is 16.4 Å². The van der Waals surface area contributed by atoms with Crippen molar-refractivity contribution < 1.29 is 13.6 Å². The molecular weight excluding hydrogens is 356 g/mol. The van der Waals surface area contributed by atoms with Gasteiger partial charge in [0.05, 0.1) is 6.04 Å². The molecule has 3 heterocycles. The summed E-state index contributed by atoms with van der Waals surface area (Å²) in [4.78, 5) is 26.0. The molecule has 2 aliphatic rings. The quantitative estimate of drug-likeness (QED) is 0.810. The Morgan fingerprint density at radius 1 is 1.19 bits per heavy atom. The second-order valence-corrected chi connectivity index (χ2v) is 6.93. The van der Waals surface area contributed by atoms with E-state index in [4.69, 9.17) is 0 Å². The number of aromatic nitrogens is 2. The van der Waals surface area contributed by atoms with Crippen LogP contribution in [0.15, 0.2) is 35.1 Å². The van der Waals surface area contributed by atoms with E-state index in [1.807, 2.05) is 0 Å². The molecule has 0 bridgehead atoms. The fraction of sp³-hybridized carbons (Fsp3) is 0.389. The van der Waals surface area contributed by atoms with Crippen LogP contribution in [-0.4, -0.2) is 39.7 Å². The summed E-state index contributed by atoms with van der Waals surface area (Å²) >= 11 is 0. The molecule has 1 aromatic heterocycles. The maximum Gasteiger partial charge on any atom is 0.274 e. The van der Waals surface area contributed by atoms with Gasteiger partial charge in [0.2, 0.25) is 0 Å². The number of fused-ring (bicyclic) bond motifs is 1. The van der Waals surface area contributed by atoms with E-state index in [0.29, 0.717) is 18.7 Å². The van der Waals surface area contributed by atoms with Crippen molar-refractivity contribution in [3.63, 3.8) is 0 Å². The third kappa shape index (κ3) is 3.24. The summed E-state index contributed by atoms with van der Waals surface area (Å²) in [6.45, 7) is 0.987. The molecule has 2 fully saturated rings. The number of carbonyl (C=O) groups excluding carboxylic acids is 1. The van der Waals surface area contributed by atoms with E-state index < -0.39 is 11.6 Å². The predicted molar refractivity (Wildman–Crippen MR) is 92.6 cm³/mol. The minimum absolute atomic E-state index is 0.0000860. The van der Waals surface area contributed by atoms with Crippen molar-refractivity contribution in [2.75, 3.05) is 13.1 Å². The highest BCUT2D eigenvalue weighted by molar-refractivity contribution is 5.92. The second-order valence-electron chi connectivity index (χ2n) is 6.93. The van der Waals surface area contributed by atoms with E-state index in [2.05, 4.69) is 16.0 Å². The van der Waals surface area contributed by atoms with Gasteiger partial charge in [-0.05, 0) is 30.2 Å². The summed E-state index contributed by atoms with van der Waals surface area (Å²) < 4.78 is 28.0. The van der Waals surface area contributed by atoms with Crippen LogP contribution in [0.2, 0.25) is 0 Å². The average Bonchev–Trinajstić information content (AvgIpc) is 3.09. The van der Waals surface area contributed by atoms with Crippen LogP contribution in [0.5, 0.6) is 0 Å². The van der Waals surface area contributed by atoms with Crippen molar-refractivity contribution in [1.29, 1.82) is 0 Å². The Hall–Kier alpha value is -2.65. The molecule has 9 heteroatoms. The maximum atomic E-state index is 13.6. The lowest BCUT2D eigenvalue weighted by molar-refractivity contribution is 0.0644. The second kappa shape index (κ2) is 6.82. The van der Waals surface area contributed by atoms with Crippen molar-refractivity contribution in [2.24, 2.45) is 13.0 Å². The van der Waals surface area contributed by atoms with Crippen LogP contribution >= 0.6 is 0 Å². The van der Waals surface area contributed by atoms with Crippen LogP contribution in [-0.2, 0) is 7.05 Å². The zero-order chi connectivity index (χ0) is 19.1. The number of rotatable bonds is 2. The first-order valence-electron chi connectivity index (χ1n) is 8.73. The predicted octanol–water partition coefficient (Wildman–Crippen LogP) is 0.738. The number of hydrogen-bond donors (Lipinski definition) is 2. The van der Waals surface area contributed by atoms with Crippen LogP contribution in [0.25, 0.3) is 0 Å². The molecule has 0 radical (unpaired) electrons. The monoisotopic (exact) mass is 375 g/mol. The van der Waals surface area contributed by atoms with Crippen LogP contribution in [0, 0.1) is 17.6 Å². The molecule has 1 amide bonds. The van der Waals surface area contributed by atoms with E-state index in [9.17, 15) is 18.4 Å². The Balaban J connectivity index is 1.55. The van der Waals surface area contributed by atoms with E-state index in [0.717, 1.165) is 17.2 Å². The molecule has 2 N–H and O–H groups in total. The molecule has 0 spiro atoms. The SMILES string of the molecule is Cn1nc(C(=O)N2CCC3NNC(c4ccc(F)c(F)c4)C3C2)ccc1=O. The standard InChI is InChI=1S/C18H19F2N5O2/c1-24-16(26)5-4-15(23-24)18(27)25-7-6-14-11(9-25)17(22-21-14)10-2-3-12(19)13(20)8-10/h2-5,8,11,14,17,21-22H,6-7,9H2,1H3. The highest BCUT2D eigenvalue weighted by atomic mass is 19.2. The van der Waals surface area contributed by atoms with Gasteiger partial charge in [0.25, 0.3) is 11.5 Å². The van der Waals surface area contributed by atoms with Gasteiger partial charge in [-0.15, -0.1) is 0 Å². The van der Waals surface area contributed by atoms with Gasteiger partial charge in [0.1, 0.15) is 5.69 Å². The summed E-state index contributed by atoms with van der Waals surface area (Å²) in [6.07, 6.45) is 0.718. The van der Waals surface area contributed by atoms with Crippen molar-refractivity contribution in [3.05, 3.63) is 63.6 Å². The highest BCUT2D eigenvalue weighted by Crippen LogP contribution is 2.34. The average molecular weight is 375 g/mol. The van der Waals surface area contributed by atoms with E-state index >= 15 is 0 Å². The molecule has 2 aromatic rings. The van der Waals surface area contributed by atoms with Gasteiger partial charge >= 0.3 is 0 Å². The minimum Gasteiger partial charge on any atom is -0.337 e. The number of carbonyl (C=O) groups is 1. The first-order chi connectivity index (χ1) is 12.9. The molecular formula is C18H19F2N5O2. The Morgan fingerprint density at radius 3 is 2.74 bits per heavy atom. The molecule has 2 saturated heterocycles.